The monoisotopic (exact) mass is 480 g/mol. The van der Waals surface area contributed by atoms with Crippen molar-refractivity contribution in [1.29, 1.82) is 0 Å². The Morgan fingerprint density at radius 1 is 1.03 bits per heavy atom. The van der Waals surface area contributed by atoms with Crippen LogP contribution in [0.3, 0.4) is 0 Å². The van der Waals surface area contributed by atoms with Crippen molar-refractivity contribution in [2.75, 3.05) is 13.7 Å². The van der Waals surface area contributed by atoms with Crippen LogP contribution in [0.25, 0.3) is 0 Å². The number of rotatable bonds is 10. The smallest absolute Gasteiger partial charge is 0.325 e. The molecule has 0 bridgehead atoms. The minimum Gasteiger partial charge on any atom is -0.468 e. The lowest BCUT2D eigenvalue weighted by molar-refractivity contribution is -0.139. The van der Waals surface area contributed by atoms with Crippen molar-refractivity contribution >= 4 is 11.9 Å². The lowest BCUT2D eigenvalue weighted by atomic mass is 9.71. The molecule has 0 saturated carbocycles. The van der Waals surface area contributed by atoms with Gasteiger partial charge in [0.25, 0.3) is 5.91 Å². The number of carbonyl (C=O) groups excluding carboxylic acids is 2. The number of methoxy groups -OCH3 is 1. The summed E-state index contributed by atoms with van der Waals surface area (Å²) in [6.45, 7) is 12.7. The Bertz CT molecular complexity index is 1100. The zero-order chi connectivity index (χ0) is 26.2. The third kappa shape index (κ3) is 6.15. The average molecular weight is 481 g/mol. The fourth-order valence-corrected chi connectivity index (χ4v) is 4.48. The van der Waals surface area contributed by atoms with Gasteiger partial charge in [-0.1, -0.05) is 51.7 Å². The molecular formula is C29H40N2O4. The van der Waals surface area contributed by atoms with Gasteiger partial charge in [0.15, 0.2) is 0 Å². The highest BCUT2D eigenvalue weighted by Crippen LogP contribution is 2.40. The van der Waals surface area contributed by atoms with Crippen molar-refractivity contribution in [3.8, 4) is 11.8 Å². The molecule has 0 aliphatic heterocycles. The van der Waals surface area contributed by atoms with Crippen LogP contribution in [-0.2, 0) is 21.5 Å². The third-order valence-electron chi connectivity index (χ3n) is 7.23. The Morgan fingerprint density at radius 3 is 2.20 bits per heavy atom. The Kier molecular flexibility index (Phi) is 9.73. The highest BCUT2D eigenvalue weighted by atomic mass is 16.5. The van der Waals surface area contributed by atoms with E-state index in [1.54, 1.807) is 0 Å². The molecule has 0 atom stereocenters. The van der Waals surface area contributed by atoms with Gasteiger partial charge in [-0.05, 0) is 68.4 Å². The number of carbonyl (C=O) groups is 2. The first-order valence-electron chi connectivity index (χ1n) is 12.6. The van der Waals surface area contributed by atoms with Crippen LogP contribution >= 0.6 is 0 Å². The van der Waals surface area contributed by atoms with E-state index in [4.69, 9.17) is 0 Å². The van der Waals surface area contributed by atoms with E-state index < -0.39 is 11.6 Å². The second-order valence-electron chi connectivity index (χ2n) is 8.97. The molecule has 6 heteroatoms. The van der Waals surface area contributed by atoms with Crippen LogP contribution in [0.1, 0.15) is 93.0 Å². The molecular weight excluding hydrogens is 440 g/mol. The minimum atomic E-state index is -0.963. The lowest BCUT2D eigenvalue weighted by Gasteiger charge is -2.32. The zero-order valence-corrected chi connectivity index (χ0v) is 22.2. The predicted molar refractivity (Wildman–Crippen MR) is 139 cm³/mol. The summed E-state index contributed by atoms with van der Waals surface area (Å²) < 4.78 is 6.55. The van der Waals surface area contributed by atoms with Gasteiger partial charge < -0.3 is 19.7 Å². The average Bonchev–Trinajstić information content (AvgIpc) is 3.32. The molecule has 35 heavy (non-hydrogen) atoms. The first-order valence-corrected chi connectivity index (χ1v) is 12.6. The maximum absolute atomic E-state index is 12.8. The van der Waals surface area contributed by atoms with Crippen molar-refractivity contribution < 1.29 is 19.4 Å². The van der Waals surface area contributed by atoms with Gasteiger partial charge in [0.1, 0.15) is 17.8 Å². The van der Waals surface area contributed by atoms with Gasteiger partial charge in [-0.2, -0.15) is 0 Å². The fourth-order valence-electron chi connectivity index (χ4n) is 4.48. The standard InChI is InChI=1S/C29H40N2O4/c1-8-28(34,9-2)16-15-22-13-14-23(17-21(22)6)29(10-3,11-4)24-18-25(31(12-5)20-24)27(33)30-19-26(32)35-7/h13-14,17-18,20,34H,8-12,19H2,1-7H3,(H,30,33). The molecule has 0 aliphatic carbocycles. The minimum absolute atomic E-state index is 0.168. The number of benzene rings is 1. The lowest BCUT2D eigenvalue weighted by Crippen LogP contribution is -2.31. The molecule has 0 aliphatic rings. The predicted octanol–water partition coefficient (Wildman–Crippen LogP) is 4.73. The Balaban J connectivity index is 2.49. The highest BCUT2D eigenvalue weighted by molar-refractivity contribution is 5.95. The molecule has 190 valence electrons. The zero-order valence-electron chi connectivity index (χ0n) is 22.2. The molecule has 2 N–H and O–H groups in total. The summed E-state index contributed by atoms with van der Waals surface area (Å²) in [6.07, 6.45) is 4.94. The molecule has 0 radical (unpaired) electrons. The Labute approximate surface area is 210 Å². The topological polar surface area (TPSA) is 80.6 Å². The molecule has 6 nitrogen and oxygen atoms in total. The summed E-state index contributed by atoms with van der Waals surface area (Å²) in [5.41, 5.74) is 3.48. The van der Waals surface area contributed by atoms with Crippen LogP contribution in [-0.4, -0.2) is 40.8 Å². The molecule has 0 unspecified atom stereocenters. The maximum Gasteiger partial charge on any atom is 0.325 e. The van der Waals surface area contributed by atoms with Gasteiger partial charge in [0.2, 0.25) is 0 Å². The van der Waals surface area contributed by atoms with Crippen molar-refractivity contribution in [3.63, 3.8) is 0 Å². The third-order valence-corrected chi connectivity index (χ3v) is 7.23. The van der Waals surface area contributed by atoms with E-state index in [9.17, 15) is 14.7 Å². The van der Waals surface area contributed by atoms with Crippen molar-refractivity contribution in [3.05, 3.63) is 58.4 Å². The van der Waals surface area contributed by atoms with Crippen LogP contribution in [0.4, 0.5) is 0 Å². The summed E-state index contributed by atoms with van der Waals surface area (Å²) in [5, 5.41) is 13.2. The normalized spacial score (nSPS) is 11.5. The van der Waals surface area contributed by atoms with Crippen molar-refractivity contribution in [1.82, 2.24) is 9.88 Å². The number of aryl methyl sites for hydroxylation is 2. The number of hydrogen-bond acceptors (Lipinski definition) is 4. The fraction of sp³-hybridized carbons (Fsp3) is 0.517. The molecule has 0 saturated heterocycles. The Morgan fingerprint density at radius 2 is 1.69 bits per heavy atom. The number of esters is 1. The van der Waals surface area contributed by atoms with Crippen LogP contribution in [0.2, 0.25) is 0 Å². The second-order valence-corrected chi connectivity index (χ2v) is 8.97. The van der Waals surface area contributed by atoms with Gasteiger partial charge in [0.05, 0.1) is 7.11 Å². The van der Waals surface area contributed by atoms with Crippen LogP contribution < -0.4 is 5.32 Å². The highest BCUT2D eigenvalue weighted by Gasteiger charge is 2.33. The molecule has 2 rings (SSSR count). The van der Waals surface area contributed by atoms with Gasteiger partial charge in [0, 0.05) is 23.7 Å². The summed E-state index contributed by atoms with van der Waals surface area (Å²) >= 11 is 0. The molecule has 1 aromatic carbocycles. The van der Waals surface area contributed by atoms with E-state index in [1.165, 1.54) is 12.7 Å². The molecule has 1 aromatic heterocycles. The maximum atomic E-state index is 12.8. The number of hydrogen-bond donors (Lipinski definition) is 2. The first-order chi connectivity index (χ1) is 16.6. The number of ether oxygens (including phenoxy) is 1. The number of aromatic nitrogens is 1. The van der Waals surface area contributed by atoms with E-state index in [0.29, 0.717) is 25.1 Å². The van der Waals surface area contributed by atoms with Crippen LogP contribution in [0.15, 0.2) is 30.5 Å². The summed E-state index contributed by atoms with van der Waals surface area (Å²) in [4.78, 5) is 24.3. The van der Waals surface area contributed by atoms with Crippen molar-refractivity contribution in [2.45, 2.75) is 84.8 Å². The van der Waals surface area contributed by atoms with Gasteiger partial charge in [-0.15, -0.1) is 0 Å². The molecule has 2 aromatic rings. The summed E-state index contributed by atoms with van der Waals surface area (Å²) in [7, 11) is 1.30. The largest absolute Gasteiger partial charge is 0.468 e. The van der Waals surface area contributed by atoms with E-state index in [-0.39, 0.29) is 17.9 Å². The number of amides is 1. The molecule has 1 heterocycles. The van der Waals surface area contributed by atoms with Crippen LogP contribution in [0, 0.1) is 18.8 Å². The van der Waals surface area contributed by atoms with Gasteiger partial charge in [-0.25, -0.2) is 0 Å². The summed E-state index contributed by atoms with van der Waals surface area (Å²) in [6, 6.07) is 8.26. The number of aliphatic hydroxyl groups is 1. The summed E-state index contributed by atoms with van der Waals surface area (Å²) in [5.74, 6) is 5.44. The van der Waals surface area contributed by atoms with E-state index in [1.807, 2.05) is 50.6 Å². The van der Waals surface area contributed by atoms with Crippen LogP contribution in [0.5, 0.6) is 0 Å². The Hall–Kier alpha value is -3.04. The molecule has 1 amide bonds. The SMILES string of the molecule is CCn1cc(C(CC)(CC)c2ccc(C#CC(O)(CC)CC)c(C)c2)cc1C(=O)NCC(=O)OC. The second kappa shape index (κ2) is 12.1. The number of nitrogens with zero attached hydrogens (tertiary/aromatic N) is 1. The quantitative estimate of drug-likeness (QED) is 0.381. The van der Waals surface area contributed by atoms with E-state index in [0.717, 1.165) is 29.5 Å². The first kappa shape index (κ1) is 28.2. The van der Waals surface area contributed by atoms with E-state index >= 15 is 0 Å². The van der Waals surface area contributed by atoms with E-state index in [2.05, 4.69) is 47.9 Å². The van der Waals surface area contributed by atoms with Crippen molar-refractivity contribution in [2.24, 2.45) is 0 Å². The van der Waals surface area contributed by atoms with Gasteiger partial charge in [-0.3, -0.25) is 9.59 Å². The molecule has 0 spiro atoms. The van der Waals surface area contributed by atoms with Gasteiger partial charge >= 0.3 is 5.97 Å². The number of nitrogens with one attached hydrogen (secondary N) is 1. The molecule has 0 fully saturated rings.